The zero-order chi connectivity index (χ0) is 19.5. The maximum absolute atomic E-state index is 12.5. The summed E-state index contributed by atoms with van der Waals surface area (Å²) in [4.78, 5) is 14.7. The topological polar surface area (TPSA) is 62.9 Å². The van der Waals surface area contributed by atoms with Crippen LogP contribution in [0.25, 0.3) is 17.0 Å². The molecule has 4 rings (SSSR count). The lowest BCUT2D eigenvalue weighted by molar-refractivity contribution is 0.104. The molecule has 2 aromatic carbocycles. The van der Waals surface area contributed by atoms with Crippen LogP contribution in [0.1, 0.15) is 29.0 Å². The fourth-order valence-corrected chi connectivity index (χ4v) is 3.51. The maximum Gasteiger partial charge on any atom is 0.185 e. The highest BCUT2D eigenvalue weighted by molar-refractivity contribution is 6.07. The molecule has 3 aromatic rings. The molecule has 0 aliphatic carbocycles. The number of ether oxygens (including phenoxy) is 1. The van der Waals surface area contributed by atoms with E-state index in [0.717, 1.165) is 37.0 Å². The van der Waals surface area contributed by atoms with Crippen LogP contribution >= 0.6 is 0 Å². The van der Waals surface area contributed by atoms with Crippen molar-refractivity contribution in [2.75, 3.05) is 25.1 Å². The number of nitrogens with zero attached hydrogens (tertiary/aromatic N) is 1. The lowest BCUT2D eigenvalue weighted by Crippen LogP contribution is -2.35. The number of rotatable bonds is 5. The average Bonchev–Trinajstić information content (AvgIpc) is 3.16. The molecule has 1 aliphatic rings. The predicted octanol–water partition coefficient (Wildman–Crippen LogP) is 4.30. The molecule has 0 spiro atoms. The number of carbonyl (C=O) groups is 1. The molecule has 0 unspecified atom stereocenters. The summed E-state index contributed by atoms with van der Waals surface area (Å²) in [6, 6.07) is 15.2. The van der Waals surface area contributed by atoms with Crippen LogP contribution in [0.4, 0.5) is 5.69 Å². The molecule has 1 saturated heterocycles. The summed E-state index contributed by atoms with van der Waals surface area (Å²) in [7, 11) is 1.60. The van der Waals surface area contributed by atoms with Gasteiger partial charge in [0.2, 0.25) is 0 Å². The zero-order valence-electron chi connectivity index (χ0n) is 15.8. The molecule has 1 fully saturated rings. The molecular formula is C23H23NO4. The van der Waals surface area contributed by atoms with Gasteiger partial charge in [0.05, 0.1) is 13.2 Å². The molecule has 5 heteroatoms. The van der Waals surface area contributed by atoms with Crippen LogP contribution in [0.2, 0.25) is 0 Å². The molecule has 0 amide bonds. The highest BCUT2D eigenvalue weighted by Gasteiger charge is 2.17. The molecule has 1 aliphatic heterocycles. The Kier molecular flexibility index (Phi) is 5.17. The number of methoxy groups -OCH3 is 1. The van der Waals surface area contributed by atoms with Crippen molar-refractivity contribution < 1.29 is 19.1 Å². The third-order valence-electron chi connectivity index (χ3n) is 5.13. The van der Waals surface area contributed by atoms with Crippen LogP contribution in [0, 0.1) is 0 Å². The van der Waals surface area contributed by atoms with E-state index in [-0.39, 0.29) is 11.9 Å². The van der Waals surface area contributed by atoms with Gasteiger partial charge in [0.15, 0.2) is 17.1 Å². The number of para-hydroxylation sites is 1. The fraction of sp³-hybridized carbons (Fsp3) is 0.261. The number of aliphatic hydroxyl groups is 1. The Morgan fingerprint density at radius 1 is 1.18 bits per heavy atom. The monoisotopic (exact) mass is 377 g/mol. The molecule has 5 nitrogen and oxygen atoms in total. The van der Waals surface area contributed by atoms with Gasteiger partial charge in [-0.25, -0.2) is 0 Å². The van der Waals surface area contributed by atoms with Crippen molar-refractivity contribution in [2.45, 2.75) is 18.9 Å². The minimum atomic E-state index is -0.194. The van der Waals surface area contributed by atoms with E-state index in [1.165, 1.54) is 6.08 Å². The van der Waals surface area contributed by atoms with E-state index in [1.807, 2.05) is 48.5 Å². The number of hydrogen-bond acceptors (Lipinski definition) is 5. The highest BCUT2D eigenvalue weighted by atomic mass is 16.5. The first-order chi connectivity index (χ1) is 13.6. The lowest BCUT2D eigenvalue weighted by atomic mass is 10.1. The molecular weight excluding hydrogens is 354 g/mol. The van der Waals surface area contributed by atoms with Gasteiger partial charge < -0.3 is 19.2 Å². The van der Waals surface area contributed by atoms with Gasteiger partial charge in [0.1, 0.15) is 5.76 Å². The zero-order valence-corrected chi connectivity index (χ0v) is 15.8. The molecule has 0 radical (unpaired) electrons. The smallest absolute Gasteiger partial charge is 0.185 e. The second kappa shape index (κ2) is 7.90. The lowest BCUT2D eigenvalue weighted by Gasteiger charge is -2.31. The Hall–Kier alpha value is -3.05. The van der Waals surface area contributed by atoms with Crippen molar-refractivity contribution in [2.24, 2.45) is 0 Å². The van der Waals surface area contributed by atoms with Crippen molar-refractivity contribution in [3.05, 3.63) is 65.9 Å². The molecule has 1 N–H and O–H groups in total. The largest absolute Gasteiger partial charge is 0.493 e. The number of carbonyl (C=O) groups excluding carboxylic acids is 1. The minimum Gasteiger partial charge on any atom is -0.493 e. The Balaban J connectivity index is 1.46. The van der Waals surface area contributed by atoms with Crippen molar-refractivity contribution in [1.29, 1.82) is 0 Å². The van der Waals surface area contributed by atoms with Crippen molar-refractivity contribution >= 4 is 28.5 Å². The summed E-state index contributed by atoms with van der Waals surface area (Å²) >= 11 is 0. The Morgan fingerprint density at radius 2 is 1.93 bits per heavy atom. The van der Waals surface area contributed by atoms with E-state index in [9.17, 15) is 9.90 Å². The van der Waals surface area contributed by atoms with E-state index in [1.54, 1.807) is 13.2 Å². The Labute approximate surface area is 163 Å². The summed E-state index contributed by atoms with van der Waals surface area (Å²) in [6.45, 7) is 1.67. The van der Waals surface area contributed by atoms with Gasteiger partial charge in [0, 0.05) is 29.7 Å². The van der Waals surface area contributed by atoms with Crippen LogP contribution in [0.5, 0.6) is 5.75 Å². The highest BCUT2D eigenvalue weighted by Crippen LogP contribution is 2.29. The van der Waals surface area contributed by atoms with E-state index in [4.69, 9.17) is 9.15 Å². The first-order valence-corrected chi connectivity index (χ1v) is 9.46. The number of furan rings is 1. The summed E-state index contributed by atoms with van der Waals surface area (Å²) in [5.41, 5.74) is 2.38. The third-order valence-corrected chi connectivity index (χ3v) is 5.13. The number of allylic oxidation sites excluding steroid dienone is 1. The first kappa shape index (κ1) is 18.3. The summed E-state index contributed by atoms with van der Waals surface area (Å²) in [6.07, 6.45) is 4.58. The van der Waals surface area contributed by atoms with E-state index < -0.39 is 0 Å². The number of benzene rings is 2. The van der Waals surface area contributed by atoms with Crippen molar-refractivity contribution in [3.8, 4) is 5.75 Å². The van der Waals surface area contributed by atoms with Crippen LogP contribution in [0.15, 0.2) is 59.0 Å². The predicted molar refractivity (Wildman–Crippen MR) is 110 cm³/mol. The van der Waals surface area contributed by atoms with E-state index in [2.05, 4.69) is 4.90 Å². The van der Waals surface area contributed by atoms with Gasteiger partial charge >= 0.3 is 0 Å². The van der Waals surface area contributed by atoms with Crippen LogP contribution in [-0.4, -0.2) is 37.2 Å². The summed E-state index contributed by atoms with van der Waals surface area (Å²) < 4.78 is 11.1. The number of anilines is 1. The fourth-order valence-electron chi connectivity index (χ4n) is 3.51. The van der Waals surface area contributed by atoms with Gasteiger partial charge in [-0.1, -0.05) is 12.1 Å². The number of aliphatic hydroxyl groups excluding tert-OH is 1. The van der Waals surface area contributed by atoms with Gasteiger partial charge in [-0.2, -0.15) is 0 Å². The van der Waals surface area contributed by atoms with Crippen molar-refractivity contribution in [1.82, 2.24) is 0 Å². The Morgan fingerprint density at radius 3 is 2.64 bits per heavy atom. The van der Waals surface area contributed by atoms with Gasteiger partial charge in [-0.3, -0.25) is 4.79 Å². The van der Waals surface area contributed by atoms with Crippen molar-refractivity contribution in [3.63, 3.8) is 0 Å². The SMILES string of the molecule is COc1cccc2cc(/C=C/C(=O)c3ccc(N4CCC(O)CC4)cc3)oc12. The molecule has 0 atom stereocenters. The number of hydrogen-bond donors (Lipinski definition) is 1. The van der Waals surface area contributed by atoms with Gasteiger partial charge in [0.25, 0.3) is 0 Å². The summed E-state index contributed by atoms with van der Waals surface area (Å²) in [5.74, 6) is 1.20. The summed E-state index contributed by atoms with van der Waals surface area (Å²) in [5, 5.41) is 10.6. The second-order valence-corrected chi connectivity index (χ2v) is 6.99. The molecule has 1 aromatic heterocycles. The van der Waals surface area contributed by atoms with E-state index >= 15 is 0 Å². The average molecular weight is 377 g/mol. The number of ketones is 1. The van der Waals surface area contributed by atoms with Crippen LogP contribution in [-0.2, 0) is 0 Å². The Bertz CT molecular complexity index is 995. The van der Waals surface area contributed by atoms with Gasteiger partial charge in [-0.05, 0) is 61.4 Å². The number of piperidine rings is 1. The van der Waals surface area contributed by atoms with Gasteiger partial charge in [-0.15, -0.1) is 0 Å². The minimum absolute atomic E-state index is 0.0759. The molecule has 144 valence electrons. The quantitative estimate of drug-likeness (QED) is 0.531. The van der Waals surface area contributed by atoms with Crippen LogP contribution in [0.3, 0.4) is 0 Å². The normalized spacial score (nSPS) is 15.4. The molecule has 0 saturated carbocycles. The van der Waals surface area contributed by atoms with Crippen LogP contribution < -0.4 is 9.64 Å². The maximum atomic E-state index is 12.5. The number of fused-ring (bicyclic) bond motifs is 1. The van der Waals surface area contributed by atoms with E-state index in [0.29, 0.717) is 22.7 Å². The standard InChI is InChI=1S/C23H23NO4/c1-27-22-4-2-3-17-15-20(28-23(17)22)9-10-21(26)16-5-7-18(8-6-16)24-13-11-19(25)12-14-24/h2-10,15,19,25H,11-14H2,1H3/b10-9+. The second-order valence-electron chi connectivity index (χ2n) is 6.99. The molecule has 28 heavy (non-hydrogen) atoms. The third kappa shape index (κ3) is 3.80. The first-order valence-electron chi connectivity index (χ1n) is 9.46. The molecule has 0 bridgehead atoms. The molecule has 2 heterocycles.